The Labute approximate surface area is 106 Å². The Hall–Kier alpha value is -1.69. The van der Waals surface area contributed by atoms with Gasteiger partial charge in [0.25, 0.3) is 0 Å². The van der Waals surface area contributed by atoms with Crippen molar-refractivity contribution in [1.29, 1.82) is 0 Å². The monoisotopic (exact) mass is 250 g/mol. The highest BCUT2D eigenvalue weighted by atomic mass is 16.5. The van der Waals surface area contributed by atoms with Crippen molar-refractivity contribution >= 4 is 12.0 Å². The van der Waals surface area contributed by atoms with Gasteiger partial charge in [0, 0.05) is 6.54 Å². The van der Waals surface area contributed by atoms with E-state index in [1.54, 1.807) is 4.68 Å². The van der Waals surface area contributed by atoms with E-state index in [2.05, 4.69) is 26.4 Å². The summed E-state index contributed by atoms with van der Waals surface area (Å²) in [6.45, 7) is 2.51. The zero-order valence-electron chi connectivity index (χ0n) is 10.6. The summed E-state index contributed by atoms with van der Waals surface area (Å²) in [5, 5.41) is 11.4. The van der Waals surface area contributed by atoms with Crippen LogP contribution in [-0.2, 0) is 16.1 Å². The van der Waals surface area contributed by atoms with E-state index >= 15 is 0 Å². The van der Waals surface area contributed by atoms with Gasteiger partial charge in [-0.25, -0.2) is 0 Å². The predicted octanol–water partition coefficient (Wildman–Crippen LogP) is 0.608. The van der Waals surface area contributed by atoms with Crippen LogP contribution in [0.4, 0.5) is 0 Å². The number of hydrogen-bond acceptors (Lipinski definition) is 5. The first kappa shape index (κ1) is 12.8. The van der Waals surface area contributed by atoms with Crippen LogP contribution in [0, 0.1) is 0 Å². The van der Waals surface area contributed by atoms with E-state index < -0.39 is 0 Å². The Morgan fingerprint density at radius 2 is 2.56 bits per heavy atom. The zero-order valence-corrected chi connectivity index (χ0v) is 10.6. The third-order valence-electron chi connectivity index (χ3n) is 2.88. The van der Waals surface area contributed by atoms with Gasteiger partial charge in [-0.2, -0.15) is 0 Å². The molecule has 6 heteroatoms. The van der Waals surface area contributed by atoms with Gasteiger partial charge in [0.15, 0.2) is 0 Å². The highest BCUT2D eigenvalue weighted by Crippen LogP contribution is 2.12. The van der Waals surface area contributed by atoms with Gasteiger partial charge >= 0.3 is 5.97 Å². The smallest absolute Gasteiger partial charge is 0.307 e. The summed E-state index contributed by atoms with van der Waals surface area (Å²) in [5.74, 6) is -0.234. The number of esters is 1. The molecule has 0 radical (unpaired) electrons. The van der Waals surface area contributed by atoms with E-state index in [4.69, 9.17) is 0 Å². The van der Waals surface area contributed by atoms with E-state index in [1.807, 2.05) is 6.20 Å². The number of aromatic nitrogens is 3. The lowest BCUT2D eigenvalue weighted by atomic mass is 10.1. The average Bonchev–Trinajstić information content (AvgIpc) is 2.85. The molecule has 1 fully saturated rings. The third-order valence-corrected chi connectivity index (χ3v) is 2.88. The van der Waals surface area contributed by atoms with Crippen molar-refractivity contribution in [3.8, 4) is 0 Å². The molecule has 0 aromatic carbocycles. The lowest BCUT2D eigenvalue weighted by molar-refractivity contribution is -0.140. The van der Waals surface area contributed by atoms with E-state index in [0.29, 0.717) is 13.0 Å². The normalized spacial score (nSPS) is 17.9. The molecule has 18 heavy (non-hydrogen) atoms. The average molecular weight is 250 g/mol. The first-order valence-corrected chi connectivity index (χ1v) is 6.15. The van der Waals surface area contributed by atoms with E-state index in [1.165, 1.54) is 19.1 Å². The summed E-state index contributed by atoms with van der Waals surface area (Å²) in [4.78, 5) is 11.0. The van der Waals surface area contributed by atoms with Crippen molar-refractivity contribution in [2.45, 2.75) is 25.8 Å². The number of carbonyl (C=O) groups is 1. The number of carbonyl (C=O) groups excluding carboxylic acids is 1. The summed E-state index contributed by atoms with van der Waals surface area (Å²) in [5.41, 5.74) is 2.19. The number of methoxy groups -OCH3 is 1. The van der Waals surface area contributed by atoms with Crippen molar-refractivity contribution in [2.75, 3.05) is 20.2 Å². The fourth-order valence-electron chi connectivity index (χ4n) is 1.91. The number of nitrogens with zero attached hydrogens (tertiary/aromatic N) is 3. The fraction of sp³-hybridized carbons (Fsp3) is 0.583. The number of hydrogen-bond donors (Lipinski definition) is 1. The van der Waals surface area contributed by atoms with Gasteiger partial charge < -0.3 is 10.1 Å². The zero-order chi connectivity index (χ0) is 12.8. The third kappa shape index (κ3) is 3.66. The molecule has 1 aliphatic heterocycles. The Morgan fingerprint density at radius 1 is 1.67 bits per heavy atom. The van der Waals surface area contributed by atoms with Gasteiger partial charge in [0.2, 0.25) is 0 Å². The molecule has 0 amide bonds. The standard InChI is InChI=1S/C12H18N4O2/c1-18-12(17)4-6-16-9-11(14-15-16)7-10-3-2-5-13-8-10/h7,9,13H,2-6,8H2,1H3. The Kier molecular flexibility index (Phi) is 4.46. The van der Waals surface area contributed by atoms with Crippen LogP contribution in [0.1, 0.15) is 25.0 Å². The number of ether oxygens (including phenoxy) is 1. The molecule has 1 aliphatic rings. The highest BCUT2D eigenvalue weighted by Gasteiger charge is 2.07. The molecule has 0 atom stereocenters. The predicted molar refractivity (Wildman–Crippen MR) is 66.7 cm³/mol. The maximum Gasteiger partial charge on any atom is 0.307 e. The van der Waals surface area contributed by atoms with E-state index in [9.17, 15) is 4.79 Å². The number of nitrogens with one attached hydrogen (secondary N) is 1. The lowest BCUT2D eigenvalue weighted by Crippen LogP contribution is -2.23. The second kappa shape index (κ2) is 6.30. The van der Waals surface area contributed by atoms with Crippen LogP contribution in [0.2, 0.25) is 0 Å². The SMILES string of the molecule is COC(=O)CCn1cc(C=C2CCCNC2)nn1. The molecule has 1 saturated heterocycles. The number of rotatable bonds is 4. The summed E-state index contributed by atoms with van der Waals surface area (Å²) >= 11 is 0. The van der Waals surface area contributed by atoms with E-state index in [0.717, 1.165) is 25.2 Å². The summed E-state index contributed by atoms with van der Waals surface area (Å²) in [6.07, 6.45) is 6.51. The van der Waals surface area contributed by atoms with Gasteiger partial charge in [-0.15, -0.1) is 5.10 Å². The van der Waals surface area contributed by atoms with Crippen LogP contribution in [0.15, 0.2) is 11.8 Å². The van der Waals surface area contributed by atoms with Gasteiger partial charge in [-0.05, 0) is 25.5 Å². The van der Waals surface area contributed by atoms with Crippen LogP contribution in [0.5, 0.6) is 0 Å². The van der Waals surface area contributed by atoms with Crippen LogP contribution in [0.25, 0.3) is 6.08 Å². The molecule has 1 aromatic rings. The van der Waals surface area contributed by atoms with Crippen LogP contribution < -0.4 is 5.32 Å². The lowest BCUT2D eigenvalue weighted by Gasteiger charge is -2.14. The van der Waals surface area contributed by atoms with Crippen LogP contribution in [0.3, 0.4) is 0 Å². The first-order chi connectivity index (χ1) is 8.78. The van der Waals surface area contributed by atoms with Gasteiger partial charge in [-0.1, -0.05) is 10.8 Å². The largest absolute Gasteiger partial charge is 0.469 e. The Morgan fingerprint density at radius 3 is 3.28 bits per heavy atom. The molecular formula is C12H18N4O2. The van der Waals surface area contributed by atoms with E-state index in [-0.39, 0.29) is 5.97 Å². The molecule has 0 saturated carbocycles. The topological polar surface area (TPSA) is 69.0 Å². The fourth-order valence-corrected chi connectivity index (χ4v) is 1.91. The Bertz CT molecular complexity index is 431. The molecule has 0 unspecified atom stereocenters. The van der Waals surface area contributed by atoms with Crippen molar-refractivity contribution in [3.63, 3.8) is 0 Å². The Balaban J connectivity index is 1.91. The highest BCUT2D eigenvalue weighted by molar-refractivity contribution is 5.68. The molecule has 98 valence electrons. The van der Waals surface area contributed by atoms with Crippen molar-refractivity contribution in [1.82, 2.24) is 20.3 Å². The van der Waals surface area contributed by atoms with Crippen molar-refractivity contribution < 1.29 is 9.53 Å². The second-order valence-electron chi connectivity index (χ2n) is 4.32. The molecular weight excluding hydrogens is 232 g/mol. The van der Waals surface area contributed by atoms with Gasteiger partial charge in [0.1, 0.15) is 5.69 Å². The maximum atomic E-state index is 11.0. The molecule has 0 spiro atoms. The molecule has 2 rings (SSSR count). The molecule has 1 aromatic heterocycles. The summed E-state index contributed by atoms with van der Waals surface area (Å²) in [7, 11) is 1.38. The molecule has 6 nitrogen and oxygen atoms in total. The minimum absolute atomic E-state index is 0.234. The molecule has 2 heterocycles. The minimum Gasteiger partial charge on any atom is -0.469 e. The van der Waals surface area contributed by atoms with Crippen molar-refractivity contribution in [2.24, 2.45) is 0 Å². The van der Waals surface area contributed by atoms with Gasteiger partial charge in [0.05, 0.1) is 26.3 Å². The quantitative estimate of drug-likeness (QED) is 0.793. The first-order valence-electron chi connectivity index (χ1n) is 6.15. The number of piperidine rings is 1. The molecule has 0 bridgehead atoms. The van der Waals surface area contributed by atoms with Crippen molar-refractivity contribution in [3.05, 3.63) is 17.5 Å². The number of aryl methyl sites for hydroxylation is 1. The summed E-state index contributed by atoms with van der Waals surface area (Å²) in [6, 6.07) is 0. The maximum absolute atomic E-state index is 11.0. The molecule has 0 aliphatic carbocycles. The van der Waals surface area contributed by atoms with Gasteiger partial charge in [-0.3, -0.25) is 9.48 Å². The van der Waals surface area contributed by atoms with Crippen LogP contribution >= 0.6 is 0 Å². The second-order valence-corrected chi connectivity index (χ2v) is 4.32. The summed E-state index contributed by atoms with van der Waals surface area (Å²) < 4.78 is 6.25. The minimum atomic E-state index is -0.234. The molecule has 1 N–H and O–H groups in total. The van der Waals surface area contributed by atoms with Crippen LogP contribution in [-0.4, -0.2) is 41.2 Å².